The molecule has 0 unspecified atom stereocenters. The van der Waals surface area contributed by atoms with Crippen LogP contribution in [-0.4, -0.2) is 20.4 Å². The van der Waals surface area contributed by atoms with Crippen molar-refractivity contribution in [3.8, 4) is 11.5 Å². The first kappa shape index (κ1) is 8.03. The highest BCUT2D eigenvalue weighted by atomic mass is 16.5. The number of H-pyrrole nitrogens is 1. The minimum Gasteiger partial charge on any atom is -0.463 e. The van der Waals surface area contributed by atoms with Crippen molar-refractivity contribution in [3.05, 3.63) is 30.2 Å². The molecule has 2 aromatic rings. The molecule has 0 spiro atoms. The van der Waals surface area contributed by atoms with E-state index in [0.29, 0.717) is 11.5 Å². The van der Waals surface area contributed by atoms with Gasteiger partial charge in [0, 0.05) is 0 Å². The number of hydrogen-bond donors (Lipinski definition) is 3. The minimum atomic E-state index is -1.53. The monoisotopic (exact) mass is 180 g/mol. The van der Waals surface area contributed by atoms with Crippen molar-refractivity contribution in [2.45, 2.75) is 6.29 Å². The van der Waals surface area contributed by atoms with Gasteiger partial charge in [0.05, 0.1) is 12.0 Å². The van der Waals surface area contributed by atoms with Crippen molar-refractivity contribution < 1.29 is 14.6 Å². The molecule has 0 aliphatic carbocycles. The molecular formula is C8H8N2O3. The smallest absolute Gasteiger partial charge is 0.195 e. The highest BCUT2D eigenvalue weighted by Gasteiger charge is 2.09. The standard InChI is InChI=1S/C8H8N2O3/c11-8(12)6-4-5(9-10-6)7-2-1-3-13-7/h1-4,8,11-12H,(H,9,10). The lowest BCUT2D eigenvalue weighted by Gasteiger charge is -1.94. The summed E-state index contributed by atoms with van der Waals surface area (Å²) in [6, 6.07) is 4.99. The maximum Gasteiger partial charge on any atom is 0.195 e. The maximum atomic E-state index is 8.79. The molecule has 0 aliphatic heterocycles. The second-order valence-electron chi connectivity index (χ2n) is 2.56. The molecule has 3 N–H and O–H groups in total. The zero-order valence-electron chi connectivity index (χ0n) is 6.64. The third-order valence-electron chi connectivity index (χ3n) is 1.65. The van der Waals surface area contributed by atoms with Crippen molar-refractivity contribution >= 4 is 0 Å². The molecule has 0 fully saturated rings. The van der Waals surface area contributed by atoms with Crippen LogP contribution in [0.5, 0.6) is 0 Å². The molecule has 0 saturated heterocycles. The highest BCUT2D eigenvalue weighted by Crippen LogP contribution is 2.19. The summed E-state index contributed by atoms with van der Waals surface area (Å²) in [7, 11) is 0. The van der Waals surface area contributed by atoms with Gasteiger partial charge in [-0.05, 0) is 18.2 Å². The number of hydrogen-bond acceptors (Lipinski definition) is 4. The van der Waals surface area contributed by atoms with E-state index in [9.17, 15) is 0 Å². The molecule has 2 rings (SSSR count). The predicted molar refractivity (Wildman–Crippen MR) is 43.5 cm³/mol. The van der Waals surface area contributed by atoms with Gasteiger partial charge in [0.15, 0.2) is 12.1 Å². The molecule has 0 bridgehead atoms. The molecule has 2 heterocycles. The summed E-state index contributed by atoms with van der Waals surface area (Å²) in [5.41, 5.74) is 0.791. The predicted octanol–water partition coefficient (Wildman–Crippen LogP) is 0.653. The van der Waals surface area contributed by atoms with Crippen LogP contribution >= 0.6 is 0 Å². The fourth-order valence-corrected chi connectivity index (χ4v) is 1.02. The summed E-state index contributed by atoms with van der Waals surface area (Å²) < 4.78 is 5.07. The van der Waals surface area contributed by atoms with Gasteiger partial charge in [0.25, 0.3) is 0 Å². The average Bonchev–Trinajstić information content (AvgIpc) is 2.75. The summed E-state index contributed by atoms with van der Waals surface area (Å²) >= 11 is 0. The van der Waals surface area contributed by atoms with Gasteiger partial charge in [-0.1, -0.05) is 0 Å². The SMILES string of the molecule is OC(O)c1cc(-c2ccco2)n[nH]1. The number of aromatic nitrogens is 2. The molecule has 0 aromatic carbocycles. The molecule has 13 heavy (non-hydrogen) atoms. The second kappa shape index (κ2) is 3.04. The Hall–Kier alpha value is -1.59. The Labute approximate surface area is 73.6 Å². The molecule has 0 amide bonds. The molecule has 2 aromatic heterocycles. The highest BCUT2D eigenvalue weighted by molar-refractivity contribution is 5.51. The van der Waals surface area contributed by atoms with Gasteiger partial charge in [0.1, 0.15) is 5.69 Å². The Morgan fingerprint density at radius 2 is 2.31 bits per heavy atom. The van der Waals surface area contributed by atoms with Gasteiger partial charge < -0.3 is 14.6 Å². The fourth-order valence-electron chi connectivity index (χ4n) is 1.02. The van der Waals surface area contributed by atoms with E-state index < -0.39 is 6.29 Å². The normalized spacial score (nSPS) is 11.0. The van der Waals surface area contributed by atoms with Gasteiger partial charge in [-0.2, -0.15) is 5.10 Å². The van der Waals surface area contributed by atoms with Crippen molar-refractivity contribution in [1.82, 2.24) is 10.2 Å². The first-order valence-corrected chi connectivity index (χ1v) is 3.72. The molecule has 0 saturated carbocycles. The van der Waals surface area contributed by atoms with Crippen molar-refractivity contribution in [3.63, 3.8) is 0 Å². The third kappa shape index (κ3) is 1.47. The van der Waals surface area contributed by atoms with Crippen LogP contribution in [0.2, 0.25) is 0 Å². The van der Waals surface area contributed by atoms with E-state index in [0.717, 1.165) is 0 Å². The van der Waals surface area contributed by atoms with Crippen LogP contribution in [0.15, 0.2) is 28.9 Å². The van der Waals surface area contributed by atoms with Crippen LogP contribution in [0.25, 0.3) is 11.5 Å². The third-order valence-corrected chi connectivity index (χ3v) is 1.65. The summed E-state index contributed by atoms with van der Waals surface area (Å²) in [4.78, 5) is 0. The van der Waals surface area contributed by atoms with Gasteiger partial charge >= 0.3 is 0 Å². The van der Waals surface area contributed by atoms with Gasteiger partial charge in [0.2, 0.25) is 0 Å². The van der Waals surface area contributed by atoms with Gasteiger partial charge in [-0.25, -0.2) is 0 Å². The van der Waals surface area contributed by atoms with Crippen molar-refractivity contribution in [2.75, 3.05) is 0 Å². The topological polar surface area (TPSA) is 82.3 Å². The lowest BCUT2D eigenvalue weighted by Crippen LogP contribution is -1.93. The lowest BCUT2D eigenvalue weighted by molar-refractivity contribution is -0.0458. The van der Waals surface area contributed by atoms with Gasteiger partial charge in [-0.3, -0.25) is 5.10 Å². The Balaban J connectivity index is 2.33. The molecule has 5 nitrogen and oxygen atoms in total. The second-order valence-corrected chi connectivity index (χ2v) is 2.56. The van der Waals surface area contributed by atoms with Gasteiger partial charge in [-0.15, -0.1) is 0 Å². The van der Waals surface area contributed by atoms with E-state index in [-0.39, 0.29) is 5.69 Å². The van der Waals surface area contributed by atoms with E-state index in [4.69, 9.17) is 14.6 Å². The molecular weight excluding hydrogens is 172 g/mol. The van der Waals surface area contributed by atoms with E-state index in [2.05, 4.69) is 10.2 Å². The van der Waals surface area contributed by atoms with Crippen molar-refractivity contribution in [2.24, 2.45) is 0 Å². The molecule has 0 atom stereocenters. The quantitative estimate of drug-likeness (QED) is 0.592. The fraction of sp³-hybridized carbons (Fsp3) is 0.125. The summed E-state index contributed by atoms with van der Waals surface area (Å²) in [6.45, 7) is 0. The van der Waals surface area contributed by atoms with Crippen molar-refractivity contribution in [1.29, 1.82) is 0 Å². The number of nitrogens with one attached hydrogen (secondary N) is 1. The summed E-state index contributed by atoms with van der Waals surface area (Å²) in [6.07, 6.45) is -0.00444. The zero-order valence-corrected chi connectivity index (χ0v) is 6.64. The van der Waals surface area contributed by atoms with Crippen LogP contribution < -0.4 is 0 Å². The van der Waals surface area contributed by atoms with Crippen LogP contribution in [0.4, 0.5) is 0 Å². The van der Waals surface area contributed by atoms with Crippen LogP contribution in [-0.2, 0) is 0 Å². The van der Waals surface area contributed by atoms with E-state index >= 15 is 0 Å². The summed E-state index contributed by atoms with van der Waals surface area (Å²) in [5, 5.41) is 23.9. The zero-order chi connectivity index (χ0) is 9.26. The van der Waals surface area contributed by atoms with E-state index in [1.165, 1.54) is 12.3 Å². The number of nitrogens with zero attached hydrogens (tertiary/aromatic N) is 1. The first-order chi connectivity index (χ1) is 6.27. The number of aliphatic hydroxyl groups is 2. The first-order valence-electron chi connectivity index (χ1n) is 3.72. The minimum absolute atomic E-state index is 0.242. The molecule has 68 valence electrons. The van der Waals surface area contributed by atoms with Crippen LogP contribution in [0.1, 0.15) is 12.0 Å². The Morgan fingerprint density at radius 1 is 1.46 bits per heavy atom. The van der Waals surface area contributed by atoms with E-state index in [1.807, 2.05) is 0 Å². The molecule has 5 heteroatoms. The van der Waals surface area contributed by atoms with Crippen LogP contribution in [0.3, 0.4) is 0 Å². The van der Waals surface area contributed by atoms with Crippen LogP contribution in [0, 0.1) is 0 Å². The number of rotatable bonds is 2. The molecule has 0 radical (unpaired) electrons. The lowest BCUT2D eigenvalue weighted by atomic mass is 10.3. The number of aliphatic hydroxyl groups excluding tert-OH is 1. The van der Waals surface area contributed by atoms with E-state index in [1.54, 1.807) is 12.1 Å². The number of furan rings is 1. The average molecular weight is 180 g/mol. The largest absolute Gasteiger partial charge is 0.463 e. The Bertz CT molecular complexity index is 378. The number of aromatic amines is 1. The Kier molecular flexibility index (Phi) is 1.88. The summed E-state index contributed by atoms with van der Waals surface area (Å²) in [5.74, 6) is 0.586. The molecule has 0 aliphatic rings. The Morgan fingerprint density at radius 3 is 2.85 bits per heavy atom. The maximum absolute atomic E-state index is 8.79.